The first-order valence-corrected chi connectivity index (χ1v) is 8.77. The average Bonchev–Trinajstić information content (AvgIpc) is 2.48. The zero-order valence-corrected chi connectivity index (χ0v) is 13.1. The normalized spacial score (nSPS) is 18.7. The second kappa shape index (κ2) is 6.33. The Hall–Kier alpha value is -0.780. The van der Waals surface area contributed by atoms with E-state index in [0.29, 0.717) is 11.6 Å². The molecule has 1 aliphatic rings. The van der Waals surface area contributed by atoms with Gasteiger partial charge in [0.15, 0.2) is 0 Å². The summed E-state index contributed by atoms with van der Waals surface area (Å²) in [5, 5.41) is 0. The van der Waals surface area contributed by atoms with Crippen LogP contribution in [-0.4, -0.2) is 26.9 Å². The molecule has 0 aromatic heterocycles. The van der Waals surface area contributed by atoms with Gasteiger partial charge in [-0.15, -0.1) is 11.6 Å². The van der Waals surface area contributed by atoms with Gasteiger partial charge in [-0.1, -0.05) is 19.3 Å². The molecule has 2 rings (SSSR count). The Balaban J connectivity index is 2.20. The third kappa shape index (κ3) is 3.45. The number of halogens is 1. The zero-order chi connectivity index (χ0) is 14.6. The number of nitrogens with one attached hydrogen (secondary N) is 1. The molecule has 1 aromatic carbocycles. The minimum absolute atomic E-state index is 0.244. The van der Waals surface area contributed by atoms with E-state index in [-0.39, 0.29) is 4.90 Å². The van der Waals surface area contributed by atoms with E-state index in [1.54, 1.807) is 31.4 Å². The van der Waals surface area contributed by atoms with Crippen LogP contribution < -0.4 is 9.46 Å². The molecule has 1 fully saturated rings. The quantitative estimate of drug-likeness (QED) is 0.850. The summed E-state index contributed by atoms with van der Waals surface area (Å²) < 4.78 is 32.8. The van der Waals surface area contributed by atoms with Crippen molar-refractivity contribution in [3.05, 3.63) is 24.3 Å². The van der Waals surface area contributed by atoms with Crippen molar-refractivity contribution in [2.45, 2.75) is 42.5 Å². The lowest BCUT2D eigenvalue weighted by Gasteiger charge is -2.36. The van der Waals surface area contributed by atoms with E-state index in [1.165, 1.54) is 0 Å². The highest BCUT2D eigenvalue weighted by atomic mass is 35.5. The van der Waals surface area contributed by atoms with E-state index in [4.69, 9.17) is 16.3 Å². The van der Waals surface area contributed by atoms with Gasteiger partial charge in [-0.2, -0.15) is 0 Å². The van der Waals surface area contributed by atoms with Crippen molar-refractivity contribution >= 4 is 21.6 Å². The monoisotopic (exact) mass is 317 g/mol. The van der Waals surface area contributed by atoms with Crippen LogP contribution in [0, 0.1) is 0 Å². The fourth-order valence-electron chi connectivity index (χ4n) is 2.59. The van der Waals surface area contributed by atoms with Crippen LogP contribution in [0.4, 0.5) is 0 Å². The maximum absolute atomic E-state index is 12.5. The largest absolute Gasteiger partial charge is 0.497 e. The Morgan fingerprint density at radius 1 is 1.20 bits per heavy atom. The van der Waals surface area contributed by atoms with Crippen LogP contribution in [-0.2, 0) is 10.0 Å². The average molecular weight is 318 g/mol. The minimum Gasteiger partial charge on any atom is -0.497 e. The summed E-state index contributed by atoms with van der Waals surface area (Å²) in [5.41, 5.74) is -0.501. The van der Waals surface area contributed by atoms with Crippen LogP contribution in [0.5, 0.6) is 5.75 Å². The topological polar surface area (TPSA) is 55.4 Å². The Kier molecular flexibility index (Phi) is 4.94. The molecule has 0 unspecified atom stereocenters. The minimum atomic E-state index is -3.55. The molecule has 1 N–H and O–H groups in total. The van der Waals surface area contributed by atoms with Crippen molar-refractivity contribution in [2.75, 3.05) is 13.0 Å². The first kappa shape index (κ1) is 15.6. The van der Waals surface area contributed by atoms with E-state index < -0.39 is 15.6 Å². The summed E-state index contributed by atoms with van der Waals surface area (Å²) in [6.07, 6.45) is 4.76. The molecule has 4 nitrogen and oxygen atoms in total. The Morgan fingerprint density at radius 3 is 2.30 bits per heavy atom. The van der Waals surface area contributed by atoms with Gasteiger partial charge >= 0.3 is 0 Å². The van der Waals surface area contributed by atoms with Crippen molar-refractivity contribution in [1.29, 1.82) is 0 Å². The van der Waals surface area contributed by atoms with Gasteiger partial charge in [0.25, 0.3) is 0 Å². The molecule has 0 radical (unpaired) electrons. The first-order chi connectivity index (χ1) is 9.51. The smallest absolute Gasteiger partial charge is 0.241 e. The fourth-order valence-corrected chi connectivity index (χ4v) is 4.46. The van der Waals surface area contributed by atoms with Crippen molar-refractivity contribution in [1.82, 2.24) is 4.72 Å². The van der Waals surface area contributed by atoms with Crippen LogP contribution >= 0.6 is 11.6 Å². The molecule has 0 saturated heterocycles. The lowest BCUT2D eigenvalue weighted by atomic mass is 9.84. The molecule has 6 heteroatoms. The van der Waals surface area contributed by atoms with Crippen LogP contribution in [0.15, 0.2) is 29.2 Å². The van der Waals surface area contributed by atoms with E-state index in [2.05, 4.69) is 4.72 Å². The van der Waals surface area contributed by atoms with Crippen molar-refractivity contribution in [3.8, 4) is 5.75 Å². The van der Waals surface area contributed by atoms with Crippen molar-refractivity contribution in [3.63, 3.8) is 0 Å². The third-order valence-electron chi connectivity index (χ3n) is 3.79. The van der Waals surface area contributed by atoms with Gasteiger partial charge in [0, 0.05) is 11.4 Å². The maximum atomic E-state index is 12.5. The molecular formula is C14H20ClNO3S. The Labute approximate surface area is 125 Å². The number of methoxy groups -OCH3 is 1. The van der Waals surface area contributed by atoms with Gasteiger partial charge in [0.1, 0.15) is 5.75 Å². The second-order valence-electron chi connectivity index (χ2n) is 5.26. The summed E-state index contributed by atoms with van der Waals surface area (Å²) in [5.74, 6) is 0.941. The lowest BCUT2D eigenvalue weighted by Crippen LogP contribution is -2.51. The van der Waals surface area contributed by atoms with Gasteiger partial charge in [0.2, 0.25) is 10.0 Å². The summed E-state index contributed by atoms with van der Waals surface area (Å²) in [6, 6.07) is 6.38. The van der Waals surface area contributed by atoms with E-state index in [9.17, 15) is 8.42 Å². The van der Waals surface area contributed by atoms with E-state index in [1.807, 2.05) is 0 Å². The highest BCUT2D eigenvalue weighted by Gasteiger charge is 2.35. The maximum Gasteiger partial charge on any atom is 0.241 e. The van der Waals surface area contributed by atoms with Gasteiger partial charge in [-0.3, -0.25) is 0 Å². The number of alkyl halides is 1. The molecule has 20 heavy (non-hydrogen) atoms. The fraction of sp³-hybridized carbons (Fsp3) is 0.571. The van der Waals surface area contributed by atoms with Crippen molar-refractivity contribution < 1.29 is 13.2 Å². The SMILES string of the molecule is COc1ccc(S(=O)(=O)NC2(CCl)CCCCC2)cc1. The Morgan fingerprint density at radius 2 is 1.80 bits per heavy atom. The summed E-state index contributed by atoms with van der Waals surface area (Å²) in [6.45, 7) is 0. The molecule has 0 amide bonds. The van der Waals surface area contributed by atoms with Crippen LogP contribution in [0.2, 0.25) is 0 Å². The number of benzene rings is 1. The number of rotatable bonds is 5. The highest BCUT2D eigenvalue weighted by Crippen LogP contribution is 2.31. The second-order valence-corrected chi connectivity index (χ2v) is 7.21. The van der Waals surface area contributed by atoms with E-state index >= 15 is 0 Å². The summed E-state index contributed by atoms with van der Waals surface area (Å²) in [4.78, 5) is 0.244. The summed E-state index contributed by atoms with van der Waals surface area (Å²) >= 11 is 6.03. The van der Waals surface area contributed by atoms with Gasteiger partial charge in [-0.25, -0.2) is 13.1 Å². The molecular weight excluding hydrogens is 298 g/mol. The standard InChI is InChI=1S/C14H20ClNO3S/c1-19-12-5-7-13(8-6-12)20(17,18)16-14(11-15)9-3-2-4-10-14/h5-8,16H,2-4,9-11H2,1H3. The predicted octanol–water partition coefficient (Wildman–Crippen LogP) is 2.92. The molecule has 112 valence electrons. The van der Waals surface area contributed by atoms with Crippen LogP contribution in [0.1, 0.15) is 32.1 Å². The molecule has 0 bridgehead atoms. The molecule has 0 atom stereocenters. The van der Waals surface area contributed by atoms with E-state index in [0.717, 1.165) is 32.1 Å². The Bertz CT molecular complexity index is 536. The highest BCUT2D eigenvalue weighted by molar-refractivity contribution is 7.89. The first-order valence-electron chi connectivity index (χ1n) is 6.75. The molecule has 1 aliphatic carbocycles. The number of ether oxygens (including phenoxy) is 1. The van der Waals surface area contributed by atoms with Gasteiger partial charge in [-0.05, 0) is 37.1 Å². The van der Waals surface area contributed by atoms with Crippen LogP contribution in [0.3, 0.4) is 0 Å². The lowest BCUT2D eigenvalue weighted by molar-refractivity contribution is 0.298. The molecule has 0 aliphatic heterocycles. The van der Waals surface area contributed by atoms with Crippen LogP contribution in [0.25, 0.3) is 0 Å². The number of hydrogen-bond donors (Lipinski definition) is 1. The molecule has 0 spiro atoms. The predicted molar refractivity (Wildman–Crippen MR) is 79.9 cm³/mol. The van der Waals surface area contributed by atoms with Gasteiger partial charge < -0.3 is 4.74 Å². The summed E-state index contributed by atoms with van der Waals surface area (Å²) in [7, 11) is -2.00. The molecule has 1 saturated carbocycles. The number of hydrogen-bond acceptors (Lipinski definition) is 3. The van der Waals surface area contributed by atoms with Gasteiger partial charge in [0.05, 0.1) is 12.0 Å². The van der Waals surface area contributed by atoms with Crippen molar-refractivity contribution in [2.24, 2.45) is 0 Å². The molecule has 0 heterocycles. The molecule has 1 aromatic rings. The number of sulfonamides is 1. The zero-order valence-electron chi connectivity index (χ0n) is 11.6. The third-order valence-corrected chi connectivity index (χ3v) is 5.89.